The van der Waals surface area contributed by atoms with E-state index in [-0.39, 0.29) is 35.8 Å². The smallest absolute Gasteiger partial charge is 0.419 e. The van der Waals surface area contributed by atoms with Gasteiger partial charge in [0.2, 0.25) is 21.8 Å². The summed E-state index contributed by atoms with van der Waals surface area (Å²) in [7, 11) is -2.44. The Morgan fingerprint density at radius 2 is 1.78 bits per heavy atom. The number of carbonyl (C=O) groups excluding carboxylic acids is 3. The van der Waals surface area contributed by atoms with Crippen molar-refractivity contribution in [3.05, 3.63) is 83.0 Å². The second-order valence-corrected chi connectivity index (χ2v) is 19.5. The van der Waals surface area contributed by atoms with Crippen molar-refractivity contribution in [1.82, 2.24) is 19.9 Å². The molecular formula is C41H42ClF4N5O7S2. The number of anilines is 1. The lowest BCUT2D eigenvalue weighted by atomic mass is 9.85. The van der Waals surface area contributed by atoms with Crippen LogP contribution in [0.1, 0.15) is 52.0 Å². The average Bonchev–Trinajstić information content (AvgIpc) is 4.07. The minimum absolute atomic E-state index is 0.0103. The molecule has 3 N–H and O–H groups in total. The highest BCUT2D eigenvalue weighted by Crippen LogP contribution is 2.46. The van der Waals surface area contributed by atoms with Crippen LogP contribution in [0.2, 0.25) is 5.02 Å². The lowest BCUT2D eigenvalue weighted by Gasteiger charge is -2.35. The van der Waals surface area contributed by atoms with Crippen molar-refractivity contribution in [2.75, 3.05) is 19.0 Å². The zero-order valence-corrected chi connectivity index (χ0v) is 35.3. The lowest BCUT2D eigenvalue weighted by Crippen LogP contribution is -2.58. The molecule has 320 valence electrons. The molecule has 19 heteroatoms. The van der Waals surface area contributed by atoms with Gasteiger partial charge in [0.1, 0.15) is 41.0 Å². The molecule has 2 saturated carbocycles. The predicted octanol–water partition coefficient (Wildman–Crippen LogP) is 7.33. The number of hydrogen-bond donors (Lipinski definition) is 3. The highest BCUT2D eigenvalue weighted by atomic mass is 35.5. The number of fused-ring (bicyclic) bond motifs is 1. The summed E-state index contributed by atoms with van der Waals surface area (Å²) in [5, 5.41) is 8.60. The Balaban J connectivity index is 1.19. The molecule has 0 unspecified atom stereocenters. The van der Waals surface area contributed by atoms with Crippen LogP contribution in [0, 0.1) is 17.2 Å². The summed E-state index contributed by atoms with van der Waals surface area (Å²) in [4.78, 5) is 48.7. The number of alkyl halides is 3. The first kappa shape index (κ1) is 43.2. The Labute approximate surface area is 352 Å². The van der Waals surface area contributed by atoms with Crippen molar-refractivity contribution in [2.45, 2.75) is 81.6 Å². The summed E-state index contributed by atoms with van der Waals surface area (Å²) in [6.45, 7) is 8.99. The number of ether oxygens (including phenoxy) is 2. The van der Waals surface area contributed by atoms with Crippen LogP contribution in [0.5, 0.6) is 11.5 Å². The fraction of sp³-hybridized carbons (Fsp3) is 0.415. The summed E-state index contributed by atoms with van der Waals surface area (Å²) in [5.74, 6) is -3.22. The Kier molecular flexibility index (Phi) is 11.4. The number of carbonyl (C=O) groups is 3. The van der Waals surface area contributed by atoms with E-state index >= 15 is 0 Å². The molecule has 0 radical (unpaired) electrons. The summed E-state index contributed by atoms with van der Waals surface area (Å²) >= 11 is 7.39. The SMILES string of the molecule is C=C[C@@H]1C[C@]1(NC(=O)[C@@H]1C[C@@H](Oc2ccc(OC)c3ccc(Cl)cc23)CN1C(=O)[C@@H](Nc1nc(-c2ccc(F)c(C(F)(F)F)c2)cs1)C(C)(C)C)C(=O)NS(=O)(=O)C1CC1. The van der Waals surface area contributed by atoms with Crippen molar-refractivity contribution < 1.29 is 49.8 Å². The number of likely N-dealkylation sites (tertiary alicyclic amines) is 1. The van der Waals surface area contributed by atoms with Gasteiger partial charge in [-0.2, -0.15) is 13.2 Å². The number of thiazole rings is 1. The molecule has 1 saturated heterocycles. The Morgan fingerprint density at radius 1 is 1.07 bits per heavy atom. The zero-order valence-electron chi connectivity index (χ0n) is 32.9. The molecule has 3 amide bonds. The Hall–Kier alpha value is -4.94. The van der Waals surface area contributed by atoms with Gasteiger partial charge in [0.25, 0.3) is 5.91 Å². The highest BCUT2D eigenvalue weighted by molar-refractivity contribution is 7.91. The molecule has 60 heavy (non-hydrogen) atoms. The van der Waals surface area contributed by atoms with E-state index in [9.17, 15) is 40.4 Å². The van der Waals surface area contributed by atoms with E-state index in [1.54, 1.807) is 51.1 Å². The largest absolute Gasteiger partial charge is 0.496 e. The molecule has 1 aromatic heterocycles. The van der Waals surface area contributed by atoms with Crippen molar-refractivity contribution in [3.63, 3.8) is 0 Å². The fourth-order valence-corrected chi connectivity index (χ4v) is 9.72. The van der Waals surface area contributed by atoms with E-state index < -0.39 is 85.6 Å². The van der Waals surface area contributed by atoms with Gasteiger partial charge in [0, 0.05) is 39.1 Å². The van der Waals surface area contributed by atoms with Crippen molar-refractivity contribution in [1.29, 1.82) is 0 Å². The van der Waals surface area contributed by atoms with Gasteiger partial charge < -0.3 is 25.0 Å². The van der Waals surface area contributed by atoms with Gasteiger partial charge in [-0.05, 0) is 73.2 Å². The number of nitrogens with zero attached hydrogens (tertiary/aromatic N) is 2. The van der Waals surface area contributed by atoms with Crippen LogP contribution in [0.3, 0.4) is 0 Å². The molecule has 1 aliphatic heterocycles. The highest BCUT2D eigenvalue weighted by Gasteiger charge is 2.62. The molecule has 4 aromatic rings. The minimum Gasteiger partial charge on any atom is -0.496 e. The van der Waals surface area contributed by atoms with Crippen LogP contribution >= 0.6 is 22.9 Å². The van der Waals surface area contributed by atoms with E-state index in [0.717, 1.165) is 11.3 Å². The summed E-state index contributed by atoms with van der Waals surface area (Å²) < 4.78 is 94.3. The number of halogens is 5. The maximum Gasteiger partial charge on any atom is 0.419 e. The van der Waals surface area contributed by atoms with Crippen LogP contribution in [-0.2, 0) is 30.6 Å². The number of aromatic nitrogens is 1. The van der Waals surface area contributed by atoms with Crippen LogP contribution in [0.15, 0.2) is 66.6 Å². The molecule has 5 atom stereocenters. The molecule has 3 aromatic carbocycles. The quantitative estimate of drug-likeness (QED) is 0.0925. The fourth-order valence-electron chi connectivity index (χ4n) is 7.43. The summed E-state index contributed by atoms with van der Waals surface area (Å²) in [5.41, 5.74) is -3.80. The summed E-state index contributed by atoms with van der Waals surface area (Å²) in [6.07, 6.45) is -3.36. The van der Waals surface area contributed by atoms with Crippen LogP contribution < -0.4 is 24.8 Å². The maximum atomic E-state index is 14.9. The van der Waals surface area contributed by atoms with Gasteiger partial charge in [-0.25, -0.2) is 17.8 Å². The van der Waals surface area contributed by atoms with E-state index in [4.69, 9.17) is 21.1 Å². The Morgan fingerprint density at radius 3 is 2.42 bits per heavy atom. The molecule has 12 nitrogen and oxygen atoms in total. The van der Waals surface area contributed by atoms with Crippen molar-refractivity contribution in [3.8, 4) is 22.8 Å². The second-order valence-electron chi connectivity index (χ2n) is 16.3. The third kappa shape index (κ3) is 8.63. The van der Waals surface area contributed by atoms with E-state index in [1.807, 2.05) is 0 Å². The number of benzene rings is 3. The van der Waals surface area contributed by atoms with Gasteiger partial charge in [0.05, 0.1) is 30.2 Å². The van der Waals surface area contributed by atoms with E-state index in [0.29, 0.717) is 52.3 Å². The number of nitrogens with one attached hydrogen (secondary N) is 3. The van der Waals surface area contributed by atoms with Gasteiger partial charge in [-0.3, -0.25) is 19.1 Å². The first-order valence-electron chi connectivity index (χ1n) is 19.0. The minimum atomic E-state index is -4.93. The molecular weight excluding hydrogens is 850 g/mol. The normalized spacial score (nSPS) is 22.2. The molecule has 2 aliphatic carbocycles. The van der Waals surface area contributed by atoms with Crippen molar-refractivity contribution in [2.24, 2.45) is 11.3 Å². The zero-order chi connectivity index (χ0) is 43.5. The molecule has 3 fully saturated rings. The molecule has 2 heterocycles. The lowest BCUT2D eigenvalue weighted by molar-refractivity contribution is -0.141. The maximum absolute atomic E-state index is 14.9. The molecule has 3 aliphatic rings. The third-order valence-electron chi connectivity index (χ3n) is 11.0. The van der Waals surface area contributed by atoms with Crippen LogP contribution in [0.25, 0.3) is 22.0 Å². The van der Waals surface area contributed by atoms with Crippen LogP contribution in [0.4, 0.5) is 22.7 Å². The number of hydrogen-bond acceptors (Lipinski definition) is 10. The Bertz CT molecular complexity index is 2490. The number of amides is 3. The van der Waals surface area contributed by atoms with Gasteiger partial charge in [-0.15, -0.1) is 17.9 Å². The molecule has 7 rings (SSSR count). The van der Waals surface area contributed by atoms with Crippen LogP contribution in [-0.4, -0.2) is 78.7 Å². The van der Waals surface area contributed by atoms with Gasteiger partial charge >= 0.3 is 6.18 Å². The second kappa shape index (κ2) is 15.8. The summed E-state index contributed by atoms with van der Waals surface area (Å²) in [6, 6.07) is 8.85. The topological polar surface area (TPSA) is 156 Å². The first-order chi connectivity index (χ1) is 28.1. The standard InChI is InChI=1S/C41H42ClF4N5O7S2/c1-6-22-18-40(22,37(54)50-60(55,56)25-9-10-25)49-35(52)31-17-24(58-33-14-13-32(57-5)26-11-8-23(42)16-27(26)33)19-51(31)36(53)34(39(2,3)4)48-38-47-30(20-59-38)21-7-12-29(43)28(15-21)41(44,45)46/h6-8,11-16,20,22,24-25,31,34H,1,9-10,17-19H2,2-5H3,(H,47,48)(H,49,52)(H,50,54)/t22-,24-,31+,34-,40-/m1/s1. The van der Waals surface area contributed by atoms with Gasteiger partial charge in [0.15, 0.2) is 5.13 Å². The average molecular weight is 892 g/mol. The van der Waals surface area contributed by atoms with Gasteiger partial charge in [-0.1, -0.05) is 38.4 Å². The molecule has 0 bridgehead atoms. The first-order valence-corrected chi connectivity index (χ1v) is 21.8. The third-order valence-corrected chi connectivity index (χ3v) is 13.8. The molecule has 0 spiro atoms. The number of rotatable bonds is 13. The number of sulfonamides is 1. The predicted molar refractivity (Wildman–Crippen MR) is 219 cm³/mol. The van der Waals surface area contributed by atoms with Crippen molar-refractivity contribution >= 4 is 66.6 Å². The monoisotopic (exact) mass is 891 g/mol. The van der Waals surface area contributed by atoms with E-state index in [2.05, 4.69) is 26.9 Å². The number of methoxy groups -OCH3 is 1. The van der Waals surface area contributed by atoms with E-state index in [1.165, 1.54) is 29.5 Å².